The third-order valence-corrected chi connectivity index (χ3v) is 3.98. The van der Waals surface area contributed by atoms with Crippen molar-refractivity contribution >= 4 is 11.6 Å². The molecular weight excluding hydrogens is 239 g/mol. The molecule has 3 N–H and O–H groups in total. The summed E-state index contributed by atoms with van der Waals surface area (Å²) < 4.78 is 13.8. The van der Waals surface area contributed by atoms with Crippen LogP contribution in [0.15, 0.2) is 18.2 Å². The van der Waals surface area contributed by atoms with Gasteiger partial charge in [-0.3, -0.25) is 11.3 Å². The van der Waals surface area contributed by atoms with Crippen molar-refractivity contribution in [3.63, 3.8) is 0 Å². The standard InChI is InChI=1S/C13H18ClFN2/c1-8(9-5-6-9)12(17-16)7-10-3-2-4-11(14)13(10)15/h2-4,8-9,12,17H,5-7,16H2,1H3. The highest BCUT2D eigenvalue weighted by Gasteiger charge is 2.33. The average molecular weight is 257 g/mol. The van der Waals surface area contributed by atoms with Crippen molar-refractivity contribution in [3.05, 3.63) is 34.6 Å². The third kappa shape index (κ3) is 2.97. The molecule has 0 radical (unpaired) electrons. The zero-order chi connectivity index (χ0) is 12.4. The van der Waals surface area contributed by atoms with Gasteiger partial charge in [-0.2, -0.15) is 0 Å². The molecule has 2 unspecified atom stereocenters. The summed E-state index contributed by atoms with van der Waals surface area (Å²) in [4.78, 5) is 0. The van der Waals surface area contributed by atoms with Crippen LogP contribution in [0.4, 0.5) is 4.39 Å². The first-order chi connectivity index (χ1) is 8.13. The minimum absolute atomic E-state index is 0.107. The number of halogens is 2. The number of hydrogen-bond acceptors (Lipinski definition) is 2. The first-order valence-corrected chi connectivity index (χ1v) is 6.40. The number of nitrogens with one attached hydrogen (secondary N) is 1. The number of hydrogen-bond donors (Lipinski definition) is 2. The lowest BCUT2D eigenvalue weighted by Crippen LogP contribution is -2.42. The summed E-state index contributed by atoms with van der Waals surface area (Å²) in [5.74, 6) is 6.45. The number of hydrazine groups is 1. The normalized spacial score (nSPS) is 19.1. The number of rotatable bonds is 5. The van der Waals surface area contributed by atoms with Crippen molar-refractivity contribution in [2.45, 2.75) is 32.2 Å². The zero-order valence-electron chi connectivity index (χ0n) is 9.92. The van der Waals surface area contributed by atoms with Crippen LogP contribution < -0.4 is 11.3 Å². The minimum atomic E-state index is -0.322. The van der Waals surface area contributed by atoms with Gasteiger partial charge in [-0.25, -0.2) is 4.39 Å². The van der Waals surface area contributed by atoms with Gasteiger partial charge < -0.3 is 0 Å². The van der Waals surface area contributed by atoms with Gasteiger partial charge in [0.25, 0.3) is 0 Å². The first kappa shape index (κ1) is 12.8. The Morgan fingerprint density at radius 2 is 2.24 bits per heavy atom. The highest BCUT2D eigenvalue weighted by molar-refractivity contribution is 6.30. The van der Waals surface area contributed by atoms with Crippen LogP contribution in [0.1, 0.15) is 25.3 Å². The zero-order valence-corrected chi connectivity index (χ0v) is 10.7. The molecular formula is C13H18ClFN2. The second-order valence-corrected chi connectivity index (χ2v) is 5.29. The van der Waals surface area contributed by atoms with E-state index in [-0.39, 0.29) is 16.9 Å². The molecule has 1 saturated carbocycles. The monoisotopic (exact) mass is 256 g/mol. The summed E-state index contributed by atoms with van der Waals surface area (Å²) in [6.45, 7) is 2.17. The van der Waals surface area contributed by atoms with Crippen LogP contribution in [-0.4, -0.2) is 6.04 Å². The Labute approximate surface area is 106 Å². The number of benzene rings is 1. The van der Waals surface area contributed by atoms with E-state index in [0.29, 0.717) is 17.9 Å². The van der Waals surface area contributed by atoms with E-state index in [4.69, 9.17) is 17.4 Å². The summed E-state index contributed by atoms with van der Waals surface area (Å²) in [5.41, 5.74) is 3.44. The smallest absolute Gasteiger partial charge is 0.145 e. The maximum Gasteiger partial charge on any atom is 0.145 e. The molecule has 0 heterocycles. The molecule has 1 fully saturated rings. The predicted octanol–water partition coefficient (Wildman–Crippen LogP) is 2.90. The summed E-state index contributed by atoms with van der Waals surface area (Å²) in [6, 6.07) is 5.21. The third-order valence-electron chi connectivity index (χ3n) is 3.69. The van der Waals surface area contributed by atoms with Gasteiger partial charge in [-0.1, -0.05) is 30.7 Å². The molecule has 1 aliphatic carbocycles. The molecule has 2 atom stereocenters. The van der Waals surface area contributed by atoms with E-state index in [9.17, 15) is 4.39 Å². The van der Waals surface area contributed by atoms with Crippen LogP contribution in [-0.2, 0) is 6.42 Å². The Balaban J connectivity index is 2.09. The maximum atomic E-state index is 13.8. The van der Waals surface area contributed by atoms with Crippen molar-refractivity contribution in [1.82, 2.24) is 5.43 Å². The quantitative estimate of drug-likeness (QED) is 0.628. The van der Waals surface area contributed by atoms with Crippen LogP contribution >= 0.6 is 11.6 Å². The van der Waals surface area contributed by atoms with Crippen molar-refractivity contribution in [2.75, 3.05) is 0 Å². The Hall–Kier alpha value is -0.640. The van der Waals surface area contributed by atoms with Gasteiger partial charge in [-0.05, 0) is 42.7 Å². The Kier molecular flexibility index (Phi) is 4.02. The second-order valence-electron chi connectivity index (χ2n) is 4.89. The lowest BCUT2D eigenvalue weighted by molar-refractivity contribution is 0.340. The van der Waals surface area contributed by atoms with E-state index in [1.807, 2.05) is 0 Å². The molecule has 2 nitrogen and oxygen atoms in total. The van der Waals surface area contributed by atoms with Crippen LogP contribution in [0, 0.1) is 17.7 Å². The summed E-state index contributed by atoms with van der Waals surface area (Å²) in [5, 5.41) is 0.178. The largest absolute Gasteiger partial charge is 0.271 e. The molecule has 0 aliphatic heterocycles. The fourth-order valence-corrected chi connectivity index (χ4v) is 2.48. The van der Waals surface area contributed by atoms with E-state index >= 15 is 0 Å². The molecule has 1 aromatic carbocycles. The van der Waals surface area contributed by atoms with Gasteiger partial charge in [0.05, 0.1) is 5.02 Å². The van der Waals surface area contributed by atoms with Gasteiger partial charge in [0.15, 0.2) is 0 Å². The van der Waals surface area contributed by atoms with Gasteiger partial charge >= 0.3 is 0 Å². The molecule has 0 amide bonds. The molecule has 0 saturated heterocycles. The highest BCUT2D eigenvalue weighted by atomic mass is 35.5. The van der Waals surface area contributed by atoms with E-state index < -0.39 is 0 Å². The highest BCUT2D eigenvalue weighted by Crippen LogP contribution is 2.38. The topological polar surface area (TPSA) is 38.0 Å². The Morgan fingerprint density at radius 1 is 1.53 bits per heavy atom. The van der Waals surface area contributed by atoms with Crippen LogP contribution in [0.25, 0.3) is 0 Å². The second kappa shape index (κ2) is 5.34. The molecule has 2 rings (SSSR count). The molecule has 1 aliphatic rings. The average Bonchev–Trinajstić information content (AvgIpc) is 3.14. The summed E-state index contributed by atoms with van der Waals surface area (Å²) in [7, 11) is 0. The van der Waals surface area contributed by atoms with Crippen LogP contribution in [0.5, 0.6) is 0 Å². The molecule has 0 aromatic heterocycles. The van der Waals surface area contributed by atoms with Crippen molar-refractivity contribution < 1.29 is 4.39 Å². The van der Waals surface area contributed by atoms with E-state index in [2.05, 4.69) is 12.3 Å². The van der Waals surface area contributed by atoms with Gasteiger partial charge in [0, 0.05) is 6.04 Å². The Bertz CT molecular complexity index is 393. The molecule has 0 bridgehead atoms. The fraction of sp³-hybridized carbons (Fsp3) is 0.538. The van der Waals surface area contributed by atoms with Crippen LogP contribution in [0.3, 0.4) is 0 Å². The maximum absolute atomic E-state index is 13.8. The SMILES string of the molecule is CC(C1CC1)C(Cc1cccc(Cl)c1F)NN. The molecule has 4 heteroatoms. The van der Waals surface area contributed by atoms with Crippen molar-refractivity contribution in [1.29, 1.82) is 0 Å². The van der Waals surface area contributed by atoms with Crippen molar-refractivity contribution in [3.8, 4) is 0 Å². The number of nitrogens with two attached hydrogens (primary N) is 1. The lowest BCUT2D eigenvalue weighted by atomic mass is 9.91. The summed E-state index contributed by atoms with van der Waals surface area (Å²) >= 11 is 5.77. The molecule has 1 aromatic rings. The van der Waals surface area contributed by atoms with E-state index in [1.165, 1.54) is 12.8 Å². The molecule has 17 heavy (non-hydrogen) atoms. The molecule has 0 spiro atoms. The lowest BCUT2D eigenvalue weighted by Gasteiger charge is -2.23. The Morgan fingerprint density at radius 3 is 2.82 bits per heavy atom. The first-order valence-electron chi connectivity index (χ1n) is 6.02. The van der Waals surface area contributed by atoms with Crippen molar-refractivity contribution in [2.24, 2.45) is 17.7 Å². The summed E-state index contributed by atoms with van der Waals surface area (Å²) in [6.07, 6.45) is 3.11. The van der Waals surface area contributed by atoms with Crippen LogP contribution in [0.2, 0.25) is 5.02 Å². The van der Waals surface area contributed by atoms with Gasteiger partial charge in [0.2, 0.25) is 0 Å². The van der Waals surface area contributed by atoms with E-state index in [0.717, 1.165) is 5.92 Å². The van der Waals surface area contributed by atoms with E-state index in [1.54, 1.807) is 18.2 Å². The molecule has 94 valence electrons. The predicted molar refractivity (Wildman–Crippen MR) is 68.1 cm³/mol. The van der Waals surface area contributed by atoms with Gasteiger partial charge in [-0.15, -0.1) is 0 Å². The fourth-order valence-electron chi connectivity index (χ4n) is 2.29. The minimum Gasteiger partial charge on any atom is -0.271 e. The van der Waals surface area contributed by atoms with Gasteiger partial charge in [0.1, 0.15) is 5.82 Å².